The Labute approximate surface area is 165 Å². The highest BCUT2D eigenvalue weighted by Gasteiger charge is 2.31. The monoisotopic (exact) mass is 423 g/mol. The van der Waals surface area contributed by atoms with E-state index < -0.39 is 16.0 Å². The van der Waals surface area contributed by atoms with Crippen molar-refractivity contribution >= 4 is 38.7 Å². The number of rotatable bonds is 8. The van der Waals surface area contributed by atoms with Crippen LogP contribution in [0.15, 0.2) is 58.1 Å². The number of sulfonamides is 1. The van der Waals surface area contributed by atoms with E-state index in [1.54, 1.807) is 18.2 Å². The molecule has 9 heteroatoms. The summed E-state index contributed by atoms with van der Waals surface area (Å²) in [5, 5.41) is 12.7. The van der Waals surface area contributed by atoms with Crippen molar-refractivity contribution in [2.75, 3.05) is 7.11 Å². The molecule has 27 heavy (non-hydrogen) atoms. The number of para-hydroxylation sites is 1. The number of methoxy groups -OCH3 is 1. The van der Waals surface area contributed by atoms with Gasteiger partial charge in [0.1, 0.15) is 15.5 Å². The Morgan fingerprint density at radius 3 is 2.52 bits per heavy atom. The van der Waals surface area contributed by atoms with Gasteiger partial charge >= 0.3 is 5.97 Å². The van der Waals surface area contributed by atoms with Crippen molar-refractivity contribution in [1.82, 2.24) is 4.31 Å². The van der Waals surface area contributed by atoms with Crippen LogP contribution < -0.4 is 4.74 Å². The van der Waals surface area contributed by atoms with Crippen LogP contribution >= 0.6 is 22.7 Å². The van der Waals surface area contributed by atoms with Gasteiger partial charge in [-0.15, -0.1) is 22.7 Å². The molecule has 6 nitrogen and oxygen atoms in total. The minimum atomic E-state index is -4.02. The van der Waals surface area contributed by atoms with E-state index in [4.69, 9.17) is 4.74 Å². The summed E-state index contributed by atoms with van der Waals surface area (Å²) in [5.74, 6) is -0.676. The smallest absolute Gasteiger partial charge is 0.347 e. The van der Waals surface area contributed by atoms with Gasteiger partial charge in [0.15, 0.2) is 0 Å². The number of nitrogens with zero attached hydrogens (tertiary/aromatic N) is 1. The van der Waals surface area contributed by atoms with E-state index in [1.807, 2.05) is 23.6 Å². The molecule has 0 aliphatic carbocycles. The van der Waals surface area contributed by atoms with Crippen LogP contribution in [0.4, 0.5) is 0 Å². The molecule has 0 saturated carbocycles. The number of aromatic carboxylic acids is 1. The quantitative estimate of drug-likeness (QED) is 0.594. The molecule has 0 aliphatic rings. The van der Waals surface area contributed by atoms with Gasteiger partial charge in [0.2, 0.25) is 10.0 Å². The molecule has 0 fully saturated rings. The van der Waals surface area contributed by atoms with Gasteiger partial charge in [-0.3, -0.25) is 0 Å². The van der Waals surface area contributed by atoms with Crippen molar-refractivity contribution in [3.8, 4) is 5.75 Å². The summed E-state index contributed by atoms with van der Waals surface area (Å²) in [4.78, 5) is 11.9. The molecule has 0 aliphatic heterocycles. The molecule has 2 aromatic heterocycles. The average Bonchev–Trinajstić information content (AvgIpc) is 3.33. The zero-order chi connectivity index (χ0) is 19.4. The number of carbonyl (C=O) groups is 1. The first-order chi connectivity index (χ1) is 12.9. The van der Waals surface area contributed by atoms with Crippen LogP contribution in [0.2, 0.25) is 0 Å². The summed E-state index contributed by atoms with van der Waals surface area (Å²) in [5.41, 5.74) is 0.701. The van der Waals surface area contributed by atoms with Gasteiger partial charge in [0.05, 0.1) is 7.11 Å². The normalized spacial score (nSPS) is 11.6. The number of hydrogen-bond acceptors (Lipinski definition) is 6. The maximum Gasteiger partial charge on any atom is 0.347 e. The molecular weight excluding hydrogens is 406 g/mol. The van der Waals surface area contributed by atoms with E-state index in [1.165, 1.54) is 34.2 Å². The van der Waals surface area contributed by atoms with Gasteiger partial charge in [-0.05, 0) is 29.0 Å². The van der Waals surface area contributed by atoms with Crippen molar-refractivity contribution in [3.05, 3.63) is 68.5 Å². The van der Waals surface area contributed by atoms with Crippen molar-refractivity contribution in [3.63, 3.8) is 0 Å². The molecular formula is C18H17NO5S3. The summed E-state index contributed by atoms with van der Waals surface area (Å²) in [7, 11) is -2.49. The van der Waals surface area contributed by atoms with Gasteiger partial charge in [0.25, 0.3) is 0 Å². The third kappa shape index (κ3) is 4.22. The van der Waals surface area contributed by atoms with Crippen LogP contribution in [0.5, 0.6) is 5.75 Å². The molecule has 1 N–H and O–H groups in total. The highest BCUT2D eigenvalue weighted by atomic mass is 32.2. The molecule has 2 heterocycles. The molecule has 0 unspecified atom stereocenters. The first-order valence-electron chi connectivity index (χ1n) is 7.88. The molecule has 0 saturated heterocycles. The predicted molar refractivity (Wildman–Crippen MR) is 105 cm³/mol. The first kappa shape index (κ1) is 19.6. The second-order valence-electron chi connectivity index (χ2n) is 5.58. The molecule has 142 valence electrons. The molecule has 0 amide bonds. The van der Waals surface area contributed by atoms with E-state index in [0.29, 0.717) is 11.3 Å². The van der Waals surface area contributed by atoms with Gasteiger partial charge in [-0.2, -0.15) is 4.31 Å². The molecule has 1 aromatic carbocycles. The number of carboxylic acids is 1. The Bertz CT molecular complexity index is 1020. The summed E-state index contributed by atoms with van der Waals surface area (Å²) in [6, 6.07) is 12.2. The molecule has 0 spiro atoms. The Kier molecular flexibility index (Phi) is 5.95. The van der Waals surface area contributed by atoms with E-state index in [-0.39, 0.29) is 22.9 Å². The second-order valence-corrected chi connectivity index (χ2v) is 9.44. The van der Waals surface area contributed by atoms with Crippen LogP contribution in [0.1, 0.15) is 20.1 Å². The number of ether oxygens (including phenoxy) is 1. The minimum Gasteiger partial charge on any atom is -0.496 e. The van der Waals surface area contributed by atoms with Crippen molar-refractivity contribution in [2.24, 2.45) is 0 Å². The van der Waals surface area contributed by atoms with Gasteiger partial charge in [-0.25, -0.2) is 13.2 Å². The van der Waals surface area contributed by atoms with E-state index in [2.05, 4.69) is 0 Å². The highest BCUT2D eigenvalue weighted by molar-refractivity contribution is 7.89. The number of benzene rings is 1. The molecule has 0 atom stereocenters. The lowest BCUT2D eigenvalue weighted by Crippen LogP contribution is -2.30. The van der Waals surface area contributed by atoms with Gasteiger partial charge < -0.3 is 9.84 Å². The maximum absolute atomic E-state index is 13.3. The van der Waals surface area contributed by atoms with Crippen molar-refractivity contribution in [2.45, 2.75) is 18.0 Å². The van der Waals surface area contributed by atoms with Crippen LogP contribution in [-0.2, 0) is 23.1 Å². The Balaban J connectivity index is 2.03. The Hall–Kier alpha value is -2.20. The topological polar surface area (TPSA) is 83.9 Å². The number of carboxylic acid groups (broad SMARTS) is 1. The average molecular weight is 424 g/mol. The SMILES string of the molecule is COc1ccccc1CN(Cc1cccs1)S(=O)(=O)c1ccsc1C(=O)O. The van der Waals surface area contributed by atoms with E-state index >= 15 is 0 Å². The number of hydrogen-bond donors (Lipinski definition) is 1. The third-order valence-corrected chi connectivity index (χ3v) is 7.62. The van der Waals surface area contributed by atoms with Crippen LogP contribution in [0, 0.1) is 0 Å². The van der Waals surface area contributed by atoms with Crippen LogP contribution in [-0.4, -0.2) is 30.9 Å². The van der Waals surface area contributed by atoms with Crippen LogP contribution in [0.25, 0.3) is 0 Å². The van der Waals surface area contributed by atoms with Crippen LogP contribution in [0.3, 0.4) is 0 Å². The molecule has 0 radical (unpaired) electrons. The standard InChI is InChI=1S/C18H17NO5S3/c1-24-15-7-3-2-5-13(15)11-19(12-14-6-4-9-25-14)27(22,23)16-8-10-26-17(16)18(20)21/h2-10H,11-12H2,1H3,(H,20,21). The van der Waals surface area contributed by atoms with Gasteiger partial charge in [0, 0.05) is 23.5 Å². The van der Waals surface area contributed by atoms with Crippen molar-refractivity contribution < 1.29 is 23.1 Å². The zero-order valence-electron chi connectivity index (χ0n) is 14.4. The lowest BCUT2D eigenvalue weighted by molar-refractivity contribution is 0.0698. The maximum atomic E-state index is 13.3. The second kappa shape index (κ2) is 8.22. The lowest BCUT2D eigenvalue weighted by atomic mass is 10.2. The summed E-state index contributed by atoms with van der Waals surface area (Å²) in [6.45, 7) is 0.214. The lowest BCUT2D eigenvalue weighted by Gasteiger charge is -2.22. The van der Waals surface area contributed by atoms with Gasteiger partial charge in [-0.1, -0.05) is 24.3 Å². The van der Waals surface area contributed by atoms with E-state index in [0.717, 1.165) is 16.2 Å². The largest absolute Gasteiger partial charge is 0.496 e. The summed E-state index contributed by atoms with van der Waals surface area (Å²) < 4.78 is 33.2. The minimum absolute atomic E-state index is 0.0686. The fraction of sp³-hybridized carbons (Fsp3) is 0.167. The predicted octanol–water partition coefficient (Wildman–Crippen LogP) is 3.91. The van der Waals surface area contributed by atoms with E-state index in [9.17, 15) is 18.3 Å². The Morgan fingerprint density at radius 1 is 1.07 bits per heavy atom. The van der Waals surface area contributed by atoms with Crippen molar-refractivity contribution in [1.29, 1.82) is 0 Å². The molecule has 3 aromatic rings. The molecule has 0 bridgehead atoms. The first-order valence-corrected chi connectivity index (χ1v) is 11.1. The zero-order valence-corrected chi connectivity index (χ0v) is 16.8. The highest BCUT2D eigenvalue weighted by Crippen LogP contribution is 2.30. The summed E-state index contributed by atoms with van der Waals surface area (Å²) >= 11 is 2.34. The molecule has 3 rings (SSSR count). The third-order valence-electron chi connectivity index (χ3n) is 3.89. The number of thiophene rings is 2. The summed E-state index contributed by atoms with van der Waals surface area (Å²) in [6.07, 6.45) is 0. The fourth-order valence-electron chi connectivity index (χ4n) is 2.62. The fourth-order valence-corrected chi connectivity index (χ4v) is 6.05. The Morgan fingerprint density at radius 2 is 1.85 bits per heavy atom.